The smallest absolute Gasteiger partial charge is 0.243 e. The van der Waals surface area contributed by atoms with Gasteiger partial charge in [0, 0.05) is 11.0 Å². The van der Waals surface area contributed by atoms with Crippen LogP contribution >= 0.6 is 0 Å². The molecule has 0 saturated carbocycles. The zero-order chi connectivity index (χ0) is 15.5. The molecule has 1 N–H and O–H groups in total. The lowest BCUT2D eigenvalue weighted by Crippen LogP contribution is -2.42. The van der Waals surface area contributed by atoms with Crippen molar-refractivity contribution in [2.45, 2.75) is 26.5 Å². The SMILES string of the molecule is CC(C)(C)C1(N=N)C=CC=C(C#Cc2ccc(F)cc2)O1. The predicted octanol–water partition coefficient (Wildman–Crippen LogP) is 4.42. The van der Waals surface area contributed by atoms with Crippen molar-refractivity contribution in [1.82, 2.24) is 0 Å². The van der Waals surface area contributed by atoms with Crippen LogP contribution in [0.2, 0.25) is 0 Å². The summed E-state index contributed by atoms with van der Waals surface area (Å²) in [5, 5.41) is 3.65. The van der Waals surface area contributed by atoms with Crippen molar-refractivity contribution in [3.8, 4) is 11.8 Å². The van der Waals surface area contributed by atoms with Gasteiger partial charge in [-0.25, -0.2) is 9.92 Å². The van der Waals surface area contributed by atoms with E-state index in [-0.39, 0.29) is 11.2 Å². The van der Waals surface area contributed by atoms with Gasteiger partial charge in [0.05, 0.1) is 0 Å². The molecule has 108 valence electrons. The summed E-state index contributed by atoms with van der Waals surface area (Å²) in [6, 6.07) is 5.93. The van der Waals surface area contributed by atoms with Crippen LogP contribution in [-0.2, 0) is 4.74 Å². The number of nitrogens with one attached hydrogen (secondary N) is 1. The van der Waals surface area contributed by atoms with Crippen molar-refractivity contribution in [1.29, 1.82) is 5.53 Å². The average molecular weight is 284 g/mol. The molecule has 4 heteroatoms. The van der Waals surface area contributed by atoms with E-state index in [4.69, 9.17) is 10.3 Å². The summed E-state index contributed by atoms with van der Waals surface area (Å²) in [5.74, 6) is 5.94. The number of hydrogen-bond donors (Lipinski definition) is 1. The second-order valence-electron chi connectivity index (χ2n) is 5.81. The molecular formula is C17H17FN2O. The fraction of sp³-hybridized carbons (Fsp3) is 0.294. The molecule has 0 spiro atoms. The molecule has 1 heterocycles. The number of allylic oxidation sites excluding steroid dienone is 3. The highest BCUT2D eigenvalue weighted by molar-refractivity contribution is 5.41. The number of rotatable bonds is 1. The Labute approximate surface area is 124 Å². The number of nitrogens with zero attached hydrogens (tertiary/aromatic N) is 1. The van der Waals surface area contributed by atoms with Crippen LogP contribution < -0.4 is 0 Å². The summed E-state index contributed by atoms with van der Waals surface area (Å²) >= 11 is 0. The molecule has 1 aromatic carbocycles. The minimum absolute atomic E-state index is 0.295. The van der Waals surface area contributed by atoms with E-state index in [1.807, 2.05) is 20.8 Å². The van der Waals surface area contributed by atoms with Gasteiger partial charge >= 0.3 is 0 Å². The van der Waals surface area contributed by atoms with Crippen LogP contribution in [0.3, 0.4) is 0 Å². The summed E-state index contributed by atoms with van der Waals surface area (Å²) in [7, 11) is 0. The molecule has 0 amide bonds. The lowest BCUT2D eigenvalue weighted by Gasteiger charge is -2.38. The van der Waals surface area contributed by atoms with Crippen LogP contribution in [0.4, 0.5) is 4.39 Å². The van der Waals surface area contributed by atoms with Crippen LogP contribution in [0, 0.1) is 28.6 Å². The Morgan fingerprint density at radius 1 is 1.19 bits per heavy atom. The lowest BCUT2D eigenvalue weighted by atomic mass is 9.82. The van der Waals surface area contributed by atoms with Crippen molar-refractivity contribution in [3.05, 3.63) is 59.6 Å². The Hall–Kier alpha value is -2.41. The quantitative estimate of drug-likeness (QED) is 0.602. The minimum Gasteiger partial charge on any atom is -0.452 e. The number of benzene rings is 1. The standard InChI is InChI=1S/C17H17FN2O/c1-16(2,3)17(20-19)12-4-5-15(21-17)11-8-13-6-9-14(18)10-7-13/h4-7,9-10,12,19H,1-3H3. The largest absolute Gasteiger partial charge is 0.452 e. The average Bonchev–Trinajstić information content (AvgIpc) is 2.45. The summed E-state index contributed by atoms with van der Waals surface area (Å²) in [5.41, 5.74) is 6.72. The zero-order valence-electron chi connectivity index (χ0n) is 12.3. The van der Waals surface area contributed by atoms with E-state index in [1.165, 1.54) is 12.1 Å². The molecule has 0 aromatic heterocycles. The second-order valence-corrected chi connectivity index (χ2v) is 5.81. The van der Waals surface area contributed by atoms with Crippen molar-refractivity contribution in [2.75, 3.05) is 0 Å². The minimum atomic E-state index is -1.05. The molecule has 1 aliphatic rings. The molecule has 0 saturated heterocycles. The van der Waals surface area contributed by atoms with Crippen molar-refractivity contribution in [3.63, 3.8) is 0 Å². The number of ether oxygens (including phenoxy) is 1. The first-order valence-corrected chi connectivity index (χ1v) is 6.61. The maximum absolute atomic E-state index is 12.8. The Balaban J connectivity index is 2.24. The van der Waals surface area contributed by atoms with Crippen LogP contribution in [0.15, 0.2) is 53.4 Å². The van der Waals surface area contributed by atoms with Gasteiger partial charge in [0.25, 0.3) is 0 Å². The molecule has 0 fully saturated rings. The van der Waals surface area contributed by atoms with Crippen LogP contribution in [0.25, 0.3) is 0 Å². The van der Waals surface area contributed by atoms with E-state index in [0.717, 1.165) is 0 Å². The fourth-order valence-corrected chi connectivity index (χ4v) is 1.87. The molecule has 0 aliphatic carbocycles. The molecular weight excluding hydrogens is 267 g/mol. The number of halogens is 1. The van der Waals surface area contributed by atoms with Gasteiger partial charge in [0.2, 0.25) is 5.72 Å². The van der Waals surface area contributed by atoms with Gasteiger partial charge in [0.15, 0.2) is 5.76 Å². The fourth-order valence-electron chi connectivity index (χ4n) is 1.87. The van der Waals surface area contributed by atoms with Gasteiger partial charge in [-0.15, -0.1) is 5.11 Å². The van der Waals surface area contributed by atoms with Gasteiger partial charge in [-0.2, -0.15) is 0 Å². The van der Waals surface area contributed by atoms with E-state index < -0.39 is 5.72 Å². The topological polar surface area (TPSA) is 45.4 Å². The second kappa shape index (κ2) is 5.53. The van der Waals surface area contributed by atoms with Crippen molar-refractivity contribution < 1.29 is 9.13 Å². The number of hydrogen-bond acceptors (Lipinski definition) is 3. The van der Waals surface area contributed by atoms with Gasteiger partial charge in [-0.1, -0.05) is 32.8 Å². The molecule has 1 unspecified atom stereocenters. The first-order valence-electron chi connectivity index (χ1n) is 6.61. The highest BCUT2D eigenvalue weighted by Crippen LogP contribution is 2.39. The summed E-state index contributed by atoms with van der Waals surface area (Å²) < 4.78 is 18.6. The van der Waals surface area contributed by atoms with E-state index in [0.29, 0.717) is 11.3 Å². The van der Waals surface area contributed by atoms with Crippen LogP contribution in [0.5, 0.6) is 0 Å². The van der Waals surface area contributed by atoms with Crippen molar-refractivity contribution >= 4 is 0 Å². The van der Waals surface area contributed by atoms with Gasteiger partial charge < -0.3 is 4.74 Å². The van der Waals surface area contributed by atoms with Crippen molar-refractivity contribution in [2.24, 2.45) is 10.5 Å². The van der Waals surface area contributed by atoms with Crippen LogP contribution in [0.1, 0.15) is 26.3 Å². The Morgan fingerprint density at radius 3 is 2.43 bits per heavy atom. The van der Waals surface area contributed by atoms with E-state index in [2.05, 4.69) is 17.0 Å². The molecule has 1 atom stereocenters. The predicted molar refractivity (Wildman–Crippen MR) is 78.9 cm³/mol. The summed E-state index contributed by atoms with van der Waals surface area (Å²) in [6.45, 7) is 5.85. The van der Waals surface area contributed by atoms with Crippen LogP contribution in [-0.4, -0.2) is 5.72 Å². The Morgan fingerprint density at radius 2 is 1.86 bits per heavy atom. The first kappa shape index (κ1) is 15.0. The normalized spacial score (nSPS) is 20.9. The highest BCUT2D eigenvalue weighted by Gasteiger charge is 2.44. The maximum Gasteiger partial charge on any atom is 0.243 e. The lowest BCUT2D eigenvalue weighted by molar-refractivity contribution is -0.0396. The summed E-state index contributed by atoms with van der Waals surface area (Å²) in [4.78, 5) is 0. The third kappa shape index (κ3) is 3.19. The maximum atomic E-state index is 12.8. The zero-order valence-corrected chi connectivity index (χ0v) is 12.3. The Kier molecular flexibility index (Phi) is 3.95. The third-order valence-corrected chi connectivity index (χ3v) is 3.25. The Bertz CT molecular complexity index is 657. The molecule has 21 heavy (non-hydrogen) atoms. The van der Waals surface area contributed by atoms with Gasteiger partial charge in [0.1, 0.15) is 5.82 Å². The molecule has 0 bridgehead atoms. The molecule has 1 aromatic rings. The van der Waals surface area contributed by atoms with E-state index in [1.54, 1.807) is 30.4 Å². The highest BCUT2D eigenvalue weighted by atomic mass is 19.1. The van der Waals surface area contributed by atoms with E-state index >= 15 is 0 Å². The molecule has 0 radical (unpaired) electrons. The monoisotopic (exact) mass is 284 g/mol. The molecule has 1 aliphatic heterocycles. The molecule has 2 rings (SSSR count). The van der Waals surface area contributed by atoms with Gasteiger partial charge in [-0.3, -0.25) is 0 Å². The van der Waals surface area contributed by atoms with Gasteiger partial charge in [-0.05, 0) is 42.3 Å². The van der Waals surface area contributed by atoms with E-state index in [9.17, 15) is 4.39 Å². The third-order valence-electron chi connectivity index (χ3n) is 3.25. The molecule has 3 nitrogen and oxygen atoms in total. The summed E-state index contributed by atoms with van der Waals surface area (Å²) in [6.07, 6.45) is 5.27. The first-order chi connectivity index (χ1) is 9.86.